The molecule has 0 radical (unpaired) electrons. The van der Waals surface area contributed by atoms with Crippen LogP contribution in [0.1, 0.15) is 16.7 Å². The predicted molar refractivity (Wildman–Crippen MR) is 68.9 cm³/mol. The fraction of sp³-hybridized carbons (Fsp3) is 0.308. The minimum Gasteiger partial charge on any atom is -0.507 e. The first-order valence-electron chi connectivity index (χ1n) is 5.51. The fourth-order valence-corrected chi connectivity index (χ4v) is 1.99. The van der Waals surface area contributed by atoms with Gasteiger partial charge in [-0.15, -0.1) is 0 Å². The highest BCUT2D eigenvalue weighted by Crippen LogP contribution is 2.36. The summed E-state index contributed by atoms with van der Waals surface area (Å²) in [6.07, 6.45) is 0. The number of rotatable bonds is 1. The molecule has 3 N–H and O–H groups in total. The minimum atomic E-state index is 0.292. The van der Waals surface area contributed by atoms with Gasteiger partial charge in [0.25, 0.3) is 0 Å². The van der Waals surface area contributed by atoms with Crippen molar-refractivity contribution in [1.82, 2.24) is 9.78 Å². The van der Waals surface area contributed by atoms with Gasteiger partial charge in [0.15, 0.2) is 0 Å². The molecule has 0 saturated heterocycles. The Morgan fingerprint density at radius 1 is 1.18 bits per heavy atom. The largest absolute Gasteiger partial charge is 0.507 e. The van der Waals surface area contributed by atoms with E-state index in [0.29, 0.717) is 17.3 Å². The lowest BCUT2D eigenvalue weighted by Gasteiger charge is -2.11. The molecule has 4 heteroatoms. The molecule has 1 heterocycles. The van der Waals surface area contributed by atoms with E-state index in [0.717, 1.165) is 22.3 Å². The van der Waals surface area contributed by atoms with Gasteiger partial charge in [-0.05, 0) is 37.5 Å². The highest BCUT2D eigenvalue weighted by Gasteiger charge is 2.15. The second kappa shape index (κ2) is 3.80. The van der Waals surface area contributed by atoms with E-state index in [4.69, 9.17) is 5.73 Å². The van der Waals surface area contributed by atoms with Crippen molar-refractivity contribution in [3.8, 4) is 17.0 Å². The lowest BCUT2D eigenvalue weighted by Crippen LogP contribution is -1.97. The Morgan fingerprint density at radius 2 is 1.82 bits per heavy atom. The van der Waals surface area contributed by atoms with E-state index < -0.39 is 0 Å². The maximum atomic E-state index is 10.2. The summed E-state index contributed by atoms with van der Waals surface area (Å²) < 4.78 is 1.60. The Balaban J connectivity index is 2.71. The molecule has 0 aliphatic rings. The van der Waals surface area contributed by atoms with E-state index in [2.05, 4.69) is 11.2 Å². The van der Waals surface area contributed by atoms with E-state index in [9.17, 15) is 5.11 Å². The molecule has 0 unspecified atom stereocenters. The summed E-state index contributed by atoms with van der Waals surface area (Å²) in [5, 5.41) is 14.5. The number of nitrogens with two attached hydrogens (primary N) is 1. The van der Waals surface area contributed by atoms with E-state index in [-0.39, 0.29) is 0 Å². The van der Waals surface area contributed by atoms with E-state index in [1.807, 2.05) is 20.8 Å². The Bertz CT molecular complexity index is 565. The number of anilines is 1. The monoisotopic (exact) mass is 231 g/mol. The molecule has 0 bridgehead atoms. The molecule has 2 rings (SSSR count). The number of nitrogens with zero attached hydrogens (tertiary/aromatic N) is 2. The van der Waals surface area contributed by atoms with Crippen molar-refractivity contribution in [2.45, 2.75) is 20.8 Å². The normalized spacial score (nSPS) is 10.8. The number of benzene rings is 1. The van der Waals surface area contributed by atoms with Crippen LogP contribution in [0.3, 0.4) is 0 Å². The van der Waals surface area contributed by atoms with Gasteiger partial charge in [-0.3, -0.25) is 4.68 Å². The Morgan fingerprint density at radius 3 is 2.35 bits per heavy atom. The molecule has 0 saturated carbocycles. The molecule has 0 aliphatic carbocycles. The number of nitrogen functional groups attached to an aromatic ring is 1. The van der Waals surface area contributed by atoms with Gasteiger partial charge in [0, 0.05) is 18.7 Å². The average Bonchev–Trinajstić information content (AvgIpc) is 2.56. The molecule has 90 valence electrons. The van der Waals surface area contributed by atoms with Gasteiger partial charge in [0.05, 0.1) is 5.69 Å². The molecular formula is C13H17N3O. The Hall–Kier alpha value is -1.97. The van der Waals surface area contributed by atoms with Crippen LogP contribution >= 0.6 is 0 Å². The summed E-state index contributed by atoms with van der Waals surface area (Å²) in [7, 11) is 1.78. The van der Waals surface area contributed by atoms with Crippen LogP contribution in [0.5, 0.6) is 5.75 Å². The van der Waals surface area contributed by atoms with Gasteiger partial charge in [-0.25, -0.2) is 0 Å². The highest BCUT2D eigenvalue weighted by atomic mass is 16.3. The zero-order chi connectivity index (χ0) is 12.7. The SMILES string of the molecule is Cc1cc(C)c(-c2cc(N)n(C)n2)c(O)c1C. The third kappa shape index (κ3) is 1.75. The summed E-state index contributed by atoms with van der Waals surface area (Å²) in [6.45, 7) is 5.85. The number of phenolic OH excluding ortho intramolecular Hbond substituents is 1. The molecule has 0 atom stereocenters. The van der Waals surface area contributed by atoms with E-state index in [1.54, 1.807) is 17.8 Å². The predicted octanol–water partition coefficient (Wildman–Crippen LogP) is 2.30. The van der Waals surface area contributed by atoms with E-state index in [1.165, 1.54) is 0 Å². The van der Waals surface area contributed by atoms with Gasteiger partial charge in [0.2, 0.25) is 0 Å². The molecule has 17 heavy (non-hydrogen) atoms. The summed E-state index contributed by atoms with van der Waals surface area (Å²) in [5.74, 6) is 0.873. The van der Waals surface area contributed by atoms with Crippen molar-refractivity contribution < 1.29 is 5.11 Å². The van der Waals surface area contributed by atoms with E-state index >= 15 is 0 Å². The van der Waals surface area contributed by atoms with Crippen LogP contribution in [-0.4, -0.2) is 14.9 Å². The molecule has 0 amide bonds. The number of aromatic nitrogens is 2. The third-order valence-corrected chi connectivity index (χ3v) is 3.18. The number of hydrogen-bond acceptors (Lipinski definition) is 3. The number of hydrogen-bond donors (Lipinski definition) is 2. The quantitative estimate of drug-likeness (QED) is 0.791. The molecule has 1 aromatic heterocycles. The first-order chi connectivity index (χ1) is 7.91. The molecule has 4 nitrogen and oxygen atoms in total. The van der Waals surface area contributed by atoms with Crippen LogP contribution in [0.4, 0.5) is 5.82 Å². The average molecular weight is 231 g/mol. The zero-order valence-electron chi connectivity index (χ0n) is 10.6. The Kier molecular flexibility index (Phi) is 2.58. The van der Waals surface area contributed by atoms with Gasteiger partial charge in [0.1, 0.15) is 11.6 Å². The zero-order valence-corrected chi connectivity index (χ0v) is 10.6. The van der Waals surface area contributed by atoms with Crippen molar-refractivity contribution in [3.63, 3.8) is 0 Å². The molecular weight excluding hydrogens is 214 g/mol. The van der Waals surface area contributed by atoms with Crippen LogP contribution < -0.4 is 5.73 Å². The smallest absolute Gasteiger partial charge is 0.128 e. The van der Waals surface area contributed by atoms with Gasteiger partial charge < -0.3 is 10.8 Å². The number of aromatic hydroxyl groups is 1. The fourth-order valence-electron chi connectivity index (χ4n) is 1.99. The van der Waals surface area contributed by atoms with Crippen LogP contribution in [0.2, 0.25) is 0 Å². The summed E-state index contributed by atoms with van der Waals surface area (Å²) in [4.78, 5) is 0. The maximum absolute atomic E-state index is 10.2. The lowest BCUT2D eigenvalue weighted by molar-refractivity contribution is 0.472. The van der Waals surface area contributed by atoms with Crippen LogP contribution in [0.25, 0.3) is 11.3 Å². The van der Waals surface area contributed by atoms with Crippen LogP contribution in [0.15, 0.2) is 12.1 Å². The van der Waals surface area contributed by atoms with Gasteiger partial charge in [-0.2, -0.15) is 5.10 Å². The highest BCUT2D eigenvalue weighted by molar-refractivity contribution is 5.74. The molecule has 1 aromatic carbocycles. The molecule has 2 aromatic rings. The first-order valence-corrected chi connectivity index (χ1v) is 5.51. The van der Waals surface area contributed by atoms with Crippen molar-refractivity contribution in [2.24, 2.45) is 7.05 Å². The first kappa shape index (κ1) is 11.5. The van der Waals surface area contributed by atoms with Crippen molar-refractivity contribution in [3.05, 3.63) is 28.8 Å². The summed E-state index contributed by atoms with van der Waals surface area (Å²) in [6, 6.07) is 3.83. The van der Waals surface area contributed by atoms with Crippen molar-refractivity contribution in [2.75, 3.05) is 5.73 Å². The minimum absolute atomic E-state index is 0.292. The molecule has 0 fully saturated rings. The Labute approximate surface area is 101 Å². The maximum Gasteiger partial charge on any atom is 0.128 e. The van der Waals surface area contributed by atoms with Crippen molar-refractivity contribution in [1.29, 1.82) is 0 Å². The van der Waals surface area contributed by atoms with Crippen molar-refractivity contribution >= 4 is 5.82 Å². The second-order valence-corrected chi connectivity index (χ2v) is 4.44. The second-order valence-electron chi connectivity index (χ2n) is 4.44. The lowest BCUT2D eigenvalue weighted by atomic mass is 9.97. The summed E-state index contributed by atoms with van der Waals surface area (Å²) >= 11 is 0. The molecule has 0 spiro atoms. The van der Waals surface area contributed by atoms with Crippen LogP contribution in [-0.2, 0) is 7.05 Å². The number of phenols is 1. The summed E-state index contributed by atoms with van der Waals surface area (Å²) in [5.41, 5.74) is 10.2. The molecule has 0 aliphatic heterocycles. The van der Waals surface area contributed by atoms with Crippen LogP contribution in [0, 0.1) is 20.8 Å². The topological polar surface area (TPSA) is 64.1 Å². The standard InChI is InChI=1S/C13H17N3O/c1-7-5-8(2)12(13(17)9(7)3)10-6-11(14)16(4)15-10/h5-6,17H,14H2,1-4H3. The van der Waals surface area contributed by atoms with Gasteiger partial charge >= 0.3 is 0 Å². The third-order valence-electron chi connectivity index (χ3n) is 3.18. The number of aryl methyl sites for hydroxylation is 3. The van der Waals surface area contributed by atoms with Gasteiger partial charge in [-0.1, -0.05) is 6.07 Å².